The molecule has 5 nitrogen and oxygen atoms in total. The van der Waals surface area contributed by atoms with Gasteiger partial charge in [0.05, 0.1) is 6.54 Å². The number of hydrogen-bond donors (Lipinski definition) is 1. The molecule has 1 fully saturated rings. The smallest absolute Gasteiger partial charge is 0.273 e. The van der Waals surface area contributed by atoms with Crippen LogP contribution in [0.15, 0.2) is 10.6 Å². The van der Waals surface area contributed by atoms with Crippen LogP contribution in [0.4, 0.5) is 0 Å². The van der Waals surface area contributed by atoms with Crippen molar-refractivity contribution < 1.29 is 9.32 Å². The summed E-state index contributed by atoms with van der Waals surface area (Å²) >= 11 is 0. The average molecular weight is 237 g/mol. The van der Waals surface area contributed by atoms with Crippen molar-refractivity contribution in [3.63, 3.8) is 0 Å². The highest BCUT2D eigenvalue weighted by atomic mass is 16.5. The van der Waals surface area contributed by atoms with E-state index in [1.807, 2.05) is 0 Å². The van der Waals surface area contributed by atoms with E-state index in [9.17, 15) is 4.79 Å². The fraction of sp³-hybridized carbons (Fsp3) is 0.667. The lowest BCUT2D eigenvalue weighted by Crippen LogP contribution is -2.33. The molecule has 94 valence electrons. The quantitative estimate of drug-likeness (QED) is 0.860. The predicted octanol–water partition coefficient (Wildman–Crippen LogP) is 1.27. The van der Waals surface area contributed by atoms with Crippen molar-refractivity contribution in [3.8, 4) is 0 Å². The van der Waals surface area contributed by atoms with Crippen LogP contribution in [0.5, 0.6) is 0 Å². The van der Waals surface area contributed by atoms with Gasteiger partial charge in [-0.05, 0) is 25.3 Å². The molecule has 17 heavy (non-hydrogen) atoms. The minimum atomic E-state index is -0.202. The van der Waals surface area contributed by atoms with E-state index in [-0.39, 0.29) is 5.91 Å². The third-order valence-electron chi connectivity index (χ3n) is 3.14. The molecule has 0 aliphatic carbocycles. The lowest BCUT2D eigenvalue weighted by Gasteiger charge is -2.29. The molecule has 1 N–H and O–H groups in total. The van der Waals surface area contributed by atoms with Gasteiger partial charge in [0, 0.05) is 19.7 Å². The van der Waals surface area contributed by atoms with Crippen molar-refractivity contribution in [2.75, 3.05) is 20.1 Å². The van der Waals surface area contributed by atoms with E-state index in [2.05, 4.69) is 22.3 Å². The Kier molecular flexibility index (Phi) is 3.78. The monoisotopic (exact) mass is 237 g/mol. The molecule has 0 saturated carbocycles. The van der Waals surface area contributed by atoms with Crippen molar-refractivity contribution in [2.24, 2.45) is 5.92 Å². The number of amides is 1. The van der Waals surface area contributed by atoms with E-state index in [1.54, 1.807) is 13.1 Å². The minimum absolute atomic E-state index is 0.202. The molecule has 5 heteroatoms. The van der Waals surface area contributed by atoms with Crippen LogP contribution in [-0.4, -0.2) is 36.1 Å². The van der Waals surface area contributed by atoms with Gasteiger partial charge in [-0.25, -0.2) is 0 Å². The Morgan fingerprint density at radius 1 is 1.71 bits per heavy atom. The van der Waals surface area contributed by atoms with Crippen molar-refractivity contribution in [1.29, 1.82) is 0 Å². The SMILES string of the molecule is CNC(=O)c1cc(CN2CCC[C@H](C)C2)on1. The van der Waals surface area contributed by atoms with Gasteiger partial charge in [0.1, 0.15) is 0 Å². The van der Waals surface area contributed by atoms with Crippen molar-refractivity contribution in [2.45, 2.75) is 26.3 Å². The summed E-state index contributed by atoms with van der Waals surface area (Å²) in [6.45, 7) is 5.20. The van der Waals surface area contributed by atoms with E-state index in [1.165, 1.54) is 12.8 Å². The second-order valence-electron chi connectivity index (χ2n) is 4.74. The number of hydrogen-bond acceptors (Lipinski definition) is 4. The van der Waals surface area contributed by atoms with Gasteiger partial charge >= 0.3 is 0 Å². The van der Waals surface area contributed by atoms with E-state index >= 15 is 0 Å². The van der Waals surface area contributed by atoms with Gasteiger partial charge in [0.15, 0.2) is 11.5 Å². The molecular formula is C12H19N3O2. The van der Waals surface area contributed by atoms with Gasteiger partial charge in [-0.1, -0.05) is 12.1 Å². The molecule has 1 aliphatic rings. The number of rotatable bonds is 3. The van der Waals surface area contributed by atoms with Crippen molar-refractivity contribution in [3.05, 3.63) is 17.5 Å². The molecule has 0 aromatic carbocycles. The summed E-state index contributed by atoms with van der Waals surface area (Å²) in [5, 5.41) is 6.29. The number of nitrogens with zero attached hydrogens (tertiary/aromatic N) is 2. The summed E-state index contributed by atoms with van der Waals surface area (Å²) in [5.41, 5.74) is 0.354. The highest BCUT2D eigenvalue weighted by Crippen LogP contribution is 2.18. The van der Waals surface area contributed by atoms with Gasteiger partial charge in [-0.3, -0.25) is 9.69 Å². The Hall–Kier alpha value is -1.36. The topological polar surface area (TPSA) is 58.4 Å². The summed E-state index contributed by atoms with van der Waals surface area (Å²) < 4.78 is 5.17. The zero-order valence-corrected chi connectivity index (χ0v) is 10.4. The maximum absolute atomic E-state index is 11.3. The molecule has 1 amide bonds. The standard InChI is InChI=1S/C12H19N3O2/c1-9-4-3-5-15(7-9)8-10-6-11(14-17-10)12(16)13-2/h6,9H,3-5,7-8H2,1-2H3,(H,13,16)/t9-/m0/s1. The summed E-state index contributed by atoms with van der Waals surface area (Å²) in [6, 6.07) is 1.72. The second-order valence-corrected chi connectivity index (χ2v) is 4.74. The molecule has 2 heterocycles. The third kappa shape index (κ3) is 3.06. The van der Waals surface area contributed by atoms with Crippen LogP contribution in [-0.2, 0) is 6.54 Å². The van der Waals surface area contributed by atoms with E-state index < -0.39 is 0 Å². The fourth-order valence-electron chi connectivity index (χ4n) is 2.27. The number of carbonyl (C=O) groups excluding carboxylic acids is 1. The lowest BCUT2D eigenvalue weighted by atomic mass is 10.0. The Balaban J connectivity index is 1.94. The Bertz CT molecular complexity index is 389. The Morgan fingerprint density at radius 2 is 2.53 bits per heavy atom. The number of piperidine rings is 1. The highest BCUT2D eigenvalue weighted by molar-refractivity contribution is 5.91. The highest BCUT2D eigenvalue weighted by Gasteiger charge is 2.18. The van der Waals surface area contributed by atoms with Crippen LogP contribution in [0.2, 0.25) is 0 Å². The summed E-state index contributed by atoms with van der Waals surface area (Å²) in [7, 11) is 1.59. The molecule has 1 aromatic rings. The van der Waals surface area contributed by atoms with Gasteiger partial charge in [-0.15, -0.1) is 0 Å². The summed E-state index contributed by atoms with van der Waals surface area (Å²) in [6.07, 6.45) is 2.54. The number of likely N-dealkylation sites (tertiary alicyclic amines) is 1. The molecule has 2 rings (SSSR count). The van der Waals surface area contributed by atoms with Gasteiger partial charge < -0.3 is 9.84 Å². The fourth-order valence-corrected chi connectivity index (χ4v) is 2.27. The van der Waals surface area contributed by atoms with Gasteiger partial charge in [0.2, 0.25) is 0 Å². The van der Waals surface area contributed by atoms with Gasteiger partial charge in [0.25, 0.3) is 5.91 Å². The average Bonchev–Trinajstić information content (AvgIpc) is 2.76. The van der Waals surface area contributed by atoms with E-state index in [4.69, 9.17) is 4.52 Å². The largest absolute Gasteiger partial charge is 0.359 e. The Morgan fingerprint density at radius 3 is 3.24 bits per heavy atom. The minimum Gasteiger partial charge on any atom is -0.359 e. The van der Waals surface area contributed by atoms with Crippen LogP contribution >= 0.6 is 0 Å². The lowest BCUT2D eigenvalue weighted by molar-refractivity contribution is 0.0953. The number of nitrogens with one attached hydrogen (secondary N) is 1. The summed E-state index contributed by atoms with van der Waals surface area (Å²) in [4.78, 5) is 13.7. The maximum Gasteiger partial charge on any atom is 0.273 e. The number of aromatic nitrogens is 1. The van der Waals surface area contributed by atoms with Crippen LogP contribution < -0.4 is 5.32 Å². The Labute approximate surface area is 101 Å². The molecule has 1 atom stereocenters. The molecule has 0 bridgehead atoms. The molecule has 0 spiro atoms. The normalized spacial score (nSPS) is 21.4. The van der Waals surface area contributed by atoms with E-state index in [0.29, 0.717) is 5.69 Å². The third-order valence-corrected chi connectivity index (χ3v) is 3.14. The first-order valence-electron chi connectivity index (χ1n) is 6.09. The summed E-state index contributed by atoms with van der Waals surface area (Å²) in [5.74, 6) is 1.30. The molecular weight excluding hydrogens is 218 g/mol. The molecule has 0 radical (unpaired) electrons. The second kappa shape index (κ2) is 5.31. The zero-order valence-electron chi connectivity index (χ0n) is 10.4. The van der Waals surface area contributed by atoms with Gasteiger partial charge in [-0.2, -0.15) is 0 Å². The first-order valence-corrected chi connectivity index (χ1v) is 6.09. The van der Waals surface area contributed by atoms with Crippen LogP contribution in [0.3, 0.4) is 0 Å². The zero-order chi connectivity index (χ0) is 12.3. The van der Waals surface area contributed by atoms with E-state index in [0.717, 1.165) is 31.3 Å². The first kappa shape index (κ1) is 12.1. The van der Waals surface area contributed by atoms with Crippen molar-refractivity contribution in [1.82, 2.24) is 15.4 Å². The molecule has 1 saturated heterocycles. The van der Waals surface area contributed by atoms with Crippen LogP contribution in [0.25, 0.3) is 0 Å². The van der Waals surface area contributed by atoms with Crippen molar-refractivity contribution >= 4 is 5.91 Å². The number of carbonyl (C=O) groups is 1. The maximum atomic E-state index is 11.3. The molecule has 0 unspecified atom stereocenters. The molecule has 1 aromatic heterocycles. The van der Waals surface area contributed by atoms with Crippen LogP contribution in [0.1, 0.15) is 36.0 Å². The predicted molar refractivity (Wildman–Crippen MR) is 63.6 cm³/mol. The molecule has 1 aliphatic heterocycles. The van der Waals surface area contributed by atoms with Crippen LogP contribution in [0, 0.1) is 5.92 Å². The first-order chi connectivity index (χ1) is 8.19.